The van der Waals surface area contributed by atoms with Crippen LogP contribution >= 0.6 is 11.8 Å². The van der Waals surface area contributed by atoms with E-state index in [-0.39, 0.29) is 24.7 Å². The predicted octanol–water partition coefficient (Wildman–Crippen LogP) is -0.0365. The van der Waals surface area contributed by atoms with Crippen molar-refractivity contribution >= 4 is 41.4 Å². The van der Waals surface area contributed by atoms with Crippen LogP contribution in [-0.2, 0) is 24.0 Å². The van der Waals surface area contributed by atoms with Gasteiger partial charge >= 0.3 is 5.97 Å². The first-order valence-corrected chi connectivity index (χ1v) is 12.9. The first-order valence-electron chi connectivity index (χ1n) is 11.6. The van der Waals surface area contributed by atoms with Crippen molar-refractivity contribution in [3.8, 4) is 0 Å². The standard InChI is InChI=1S/C22H41N5O6S/c1-6-12(3)17(20(30)25-15(22(32)33)8-9-16(24)28)27-21(31)18(13(4)7-2)26-19(29)14(23)10-11-34-5/h12-15,17-18H,6-11,23H2,1-5H3,(H2,24,28)(H,25,30)(H,26,29)(H,27,31)(H,32,33). The Morgan fingerprint density at radius 3 is 1.74 bits per heavy atom. The monoisotopic (exact) mass is 503 g/mol. The van der Waals surface area contributed by atoms with Crippen LogP contribution in [0.5, 0.6) is 0 Å². The van der Waals surface area contributed by atoms with Gasteiger partial charge in [-0.25, -0.2) is 4.79 Å². The molecule has 6 unspecified atom stereocenters. The number of primary amides is 1. The van der Waals surface area contributed by atoms with Crippen LogP contribution in [-0.4, -0.2) is 70.9 Å². The molecule has 11 nitrogen and oxygen atoms in total. The summed E-state index contributed by atoms with van der Waals surface area (Å²) in [5.74, 6) is -3.55. The van der Waals surface area contributed by atoms with E-state index in [0.29, 0.717) is 25.0 Å². The van der Waals surface area contributed by atoms with E-state index in [9.17, 15) is 29.1 Å². The summed E-state index contributed by atoms with van der Waals surface area (Å²) in [5.41, 5.74) is 11.0. The number of nitrogens with two attached hydrogens (primary N) is 2. The number of carbonyl (C=O) groups is 5. The van der Waals surface area contributed by atoms with Crippen molar-refractivity contribution in [1.29, 1.82) is 0 Å². The highest BCUT2D eigenvalue weighted by Crippen LogP contribution is 2.13. The second kappa shape index (κ2) is 16.3. The van der Waals surface area contributed by atoms with Gasteiger partial charge in [-0.15, -0.1) is 0 Å². The van der Waals surface area contributed by atoms with Gasteiger partial charge in [0.25, 0.3) is 0 Å². The number of thioether (sulfide) groups is 1. The van der Waals surface area contributed by atoms with Gasteiger partial charge in [0.05, 0.1) is 6.04 Å². The van der Waals surface area contributed by atoms with Crippen molar-refractivity contribution in [3.05, 3.63) is 0 Å². The highest BCUT2D eigenvalue weighted by molar-refractivity contribution is 7.98. The third kappa shape index (κ3) is 11.2. The van der Waals surface area contributed by atoms with Gasteiger partial charge in [0, 0.05) is 6.42 Å². The number of nitrogens with one attached hydrogen (secondary N) is 3. The Kier molecular flexibility index (Phi) is 15.2. The minimum atomic E-state index is -1.33. The highest BCUT2D eigenvalue weighted by Gasteiger charge is 2.34. The zero-order valence-corrected chi connectivity index (χ0v) is 21.6. The lowest BCUT2D eigenvalue weighted by Crippen LogP contribution is -2.60. The summed E-state index contributed by atoms with van der Waals surface area (Å²) in [6.45, 7) is 7.26. The van der Waals surface area contributed by atoms with Gasteiger partial charge in [-0.05, 0) is 36.7 Å². The Balaban J connectivity index is 5.56. The summed E-state index contributed by atoms with van der Waals surface area (Å²) in [6, 6.07) is -4.05. The maximum Gasteiger partial charge on any atom is 0.326 e. The zero-order valence-electron chi connectivity index (χ0n) is 20.8. The maximum atomic E-state index is 13.2. The molecule has 0 saturated carbocycles. The molecule has 0 aliphatic heterocycles. The largest absolute Gasteiger partial charge is 0.480 e. The number of amides is 4. The first kappa shape index (κ1) is 31.7. The number of aliphatic carboxylic acids is 1. The normalized spacial score (nSPS) is 16.3. The molecule has 6 atom stereocenters. The molecule has 8 N–H and O–H groups in total. The highest BCUT2D eigenvalue weighted by atomic mass is 32.2. The fraction of sp³-hybridized carbons (Fsp3) is 0.773. The van der Waals surface area contributed by atoms with Gasteiger partial charge in [0.1, 0.15) is 18.1 Å². The van der Waals surface area contributed by atoms with E-state index >= 15 is 0 Å². The topological polar surface area (TPSA) is 194 Å². The average molecular weight is 504 g/mol. The first-order chi connectivity index (χ1) is 15.9. The number of hydrogen-bond acceptors (Lipinski definition) is 7. The summed E-state index contributed by atoms with van der Waals surface area (Å²) in [6.07, 6.45) is 3.10. The van der Waals surface area contributed by atoms with Crippen molar-refractivity contribution in [1.82, 2.24) is 16.0 Å². The average Bonchev–Trinajstić information content (AvgIpc) is 2.79. The molecule has 4 amide bonds. The third-order valence-corrected chi connectivity index (χ3v) is 6.49. The minimum Gasteiger partial charge on any atom is -0.480 e. The Morgan fingerprint density at radius 2 is 1.32 bits per heavy atom. The van der Waals surface area contributed by atoms with Gasteiger partial charge in [-0.1, -0.05) is 40.5 Å². The molecule has 0 saturated heterocycles. The molecule has 0 aromatic rings. The van der Waals surface area contributed by atoms with Crippen LogP contribution in [0, 0.1) is 11.8 Å². The van der Waals surface area contributed by atoms with Crippen LogP contribution in [0.3, 0.4) is 0 Å². The molecular formula is C22H41N5O6S. The lowest BCUT2D eigenvalue weighted by Gasteiger charge is -2.30. The van der Waals surface area contributed by atoms with Gasteiger partial charge < -0.3 is 32.5 Å². The zero-order chi connectivity index (χ0) is 26.4. The summed E-state index contributed by atoms with van der Waals surface area (Å²) in [4.78, 5) is 61.2. The van der Waals surface area contributed by atoms with Crippen molar-refractivity contribution in [2.45, 2.75) is 84.0 Å². The van der Waals surface area contributed by atoms with Crippen LogP contribution < -0.4 is 27.4 Å². The second-order valence-corrected chi connectivity index (χ2v) is 9.52. The van der Waals surface area contributed by atoms with Crippen LogP contribution in [0.1, 0.15) is 59.8 Å². The van der Waals surface area contributed by atoms with Gasteiger partial charge in [0.2, 0.25) is 23.6 Å². The van der Waals surface area contributed by atoms with Crippen LogP contribution in [0.25, 0.3) is 0 Å². The van der Waals surface area contributed by atoms with Crippen molar-refractivity contribution in [3.63, 3.8) is 0 Å². The molecule has 0 aromatic carbocycles. The third-order valence-electron chi connectivity index (χ3n) is 5.85. The van der Waals surface area contributed by atoms with Crippen LogP contribution in [0.4, 0.5) is 0 Å². The SMILES string of the molecule is CCC(C)C(NC(=O)C(N)CCSC)C(=O)NC(C(=O)NC(CCC(N)=O)C(=O)O)C(C)CC. The smallest absolute Gasteiger partial charge is 0.326 e. The molecule has 0 heterocycles. The number of rotatable bonds is 17. The lowest BCUT2D eigenvalue weighted by molar-refractivity contribution is -0.143. The van der Waals surface area contributed by atoms with Gasteiger partial charge in [-0.2, -0.15) is 11.8 Å². The molecule has 0 aliphatic rings. The van der Waals surface area contributed by atoms with Crippen LogP contribution in [0.2, 0.25) is 0 Å². The van der Waals surface area contributed by atoms with Gasteiger partial charge in [0.15, 0.2) is 0 Å². The van der Waals surface area contributed by atoms with E-state index in [1.807, 2.05) is 20.1 Å². The summed E-state index contributed by atoms with van der Waals surface area (Å²) in [5, 5.41) is 17.2. The summed E-state index contributed by atoms with van der Waals surface area (Å²) in [7, 11) is 0. The quantitative estimate of drug-likeness (QED) is 0.159. The summed E-state index contributed by atoms with van der Waals surface area (Å²) < 4.78 is 0. The Bertz CT molecular complexity index is 707. The molecule has 0 rings (SSSR count). The Morgan fingerprint density at radius 1 is 0.853 bits per heavy atom. The van der Waals surface area contributed by atoms with E-state index < -0.39 is 53.8 Å². The second-order valence-electron chi connectivity index (χ2n) is 8.54. The lowest BCUT2D eigenvalue weighted by atomic mass is 9.94. The molecule has 0 spiro atoms. The van der Waals surface area contributed by atoms with Crippen molar-refractivity contribution in [2.75, 3.05) is 12.0 Å². The molecule has 196 valence electrons. The van der Waals surface area contributed by atoms with E-state index in [2.05, 4.69) is 16.0 Å². The van der Waals surface area contributed by atoms with Crippen LogP contribution in [0.15, 0.2) is 0 Å². The molecule has 0 radical (unpaired) electrons. The molecule has 0 aromatic heterocycles. The molecule has 0 aliphatic carbocycles. The fourth-order valence-electron chi connectivity index (χ4n) is 3.09. The number of carbonyl (C=O) groups excluding carboxylic acids is 4. The molecule has 0 bridgehead atoms. The Labute approximate surface area is 205 Å². The molecular weight excluding hydrogens is 462 g/mol. The van der Waals surface area contributed by atoms with Crippen molar-refractivity contribution in [2.24, 2.45) is 23.3 Å². The predicted molar refractivity (Wildman–Crippen MR) is 132 cm³/mol. The summed E-state index contributed by atoms with van der Waals surface area (Å²) >= 11 is 1.56. The molecule has 34 heavy (non-hydrogen) atoms. The van der Waals surface area contributed by atoms with E-state index in [4.69, 9.17) is 11.5 Å². The Hall–Kier alpha value is -2.34. The van der Waals surface area contributed by atoms with Crippen molar-refractivity contribution < 1.29 is 29.1 Å². The molecule has 12 heteroatoms. The van der Waals surface area contributed by atoms with Gasteiger partial charge in [-0.3, -0.25) is 19.2 Å². The maximum absolute atomic E-state index is 13.2. The van der Waals surface area contributed by atoms with E-state index in [1.165, 1.54) is 0 Å². The molecule has 0 fully saturated rings. The van der Waals surface area contributed by atoms with E-state index in [0.717, 1.165) is 0 Å². The number of hydrogen-bond donors (Lipinski definition) is 6. The minimum absolute atomic E-state index is 0.170. The number of carboxylic acid groups (broad SMARTS) is 1. The number of carboxylic acids is 1. The fourth-order valence-corrected chi connectivity index (χ4v) is 3.58. The van der Waals surface area contributed by atoms with E-state index in [1.54, 1.807) is 25.6 Å².